The van der Waals surface area contributed by atoms with Gasteiger partial charge in [-0.15, -0.1) is 0 Å². The third-order valence-electron chi connectivity index (χ3n) is 8.48. The number of hydrogen-bond donors (Lipinski definition) is 3. The number of hydrogen-bond acceptors (Lipinski definition) is 7. The molecule has 0 aromatic carbocycles. The van der Waals surface area contributed by atoms with Crippen LogP contribution in [0.15, 0.2) is 23.8 Å². The van der Waals surface area contributed by atoms with Gasteiger partial charge >= 0.3 is 11.9 Å². The molecule has 8 heteroatoms. The zero-order chi connectivity index (χ0) is 28.7. The van der Waals surface area contributed by atoms with Crippen LogP contribution in [-0.2, 0) is 23.9 Å². The summed E-state index contributed by atoms with van der Waals surface area (Å²) in [6.07, 6.45) is -3.22. The number of carboxylic acids is 1. The summed E-state index contributed by atoms with van der Waals surface area (Å²) >= 11 is 0. The van der Waals surface area contributed by atoms with Crippen molar-refractivity contribution < 1.29 is 44.7 Å². The molecule has 0 spiro atoms. The number of rotatable bonds is 6. The number of aliphatic hydroxyl groups excluding tert-OH is 1. The Labute approximate surface area is 204 Å². The highest BCUT2D eigenvalue weighted by atomic mass is 16.6. The lowest BCUT2D eigenvalue weighted by molar-refractivity contribution is -0.201. The van der Waals surface area contributed by atoms with E-state index in [-0.39, 0.29) is 31.0 Å². The second kappa shape index (κ2) is 8.41. The molecule has 0 aliphatic heterocycles. The van der Waals surface area contributed by atoms with Gasteiger partial charge in [0.1, 0.15) is 6.61 Å². The summed E-state index contributed by atoms with van der Waals surface area (Å²) < 4.78 is 42.9. The van der Waals surface area contributed by atoms with Crippen molar-refractivity contribution in [3.8, 4) is 0 Å². The highest BCUT2D eigenvalue weighted by molar-refractivity contribution is 6.01. The maximum atomic E-state index is 13.3. The van der Waals surface area contributed by atoms with E-state index in [1.807, 2.05) is 6.92 Å². The molecule has 0 amide bonds. The molecule has 0 radical (unpaired) electrons. The second-order valence-electron chi connectivity index (χ2n) is 10.3. The Morgan fingerprint density at radius 1 is 1.29 bits per heavy atom. The van der Waals surface area contributed by atoms with Gasteiger partial charge in [0, 0.05) is 20.8 Å². The number of aliphatic hydroxyl groups is 2. The minimum atomic E-state index is -3.17. The summed E-state index contributed by atoms with van der Waals surface area (Å²) in [6.45, 7) is 3.68. The van der Waals surface area contributed by atoms with Crippen LogP contribution in [0.2, 0.25) is 0 Å². The van der Waals surface area contributed by atoms with Gasteiger partial charge in [0.05, 0.1) is 20.3 Å². The van der Waals surface area contributed by atoms with Crippen LogP contribution >= 0.6 is 0 Å². The van der Waals surface area contributed by atoms with E-state index in [4.69, 9.17) is 11.2 Å². The minimum absolute atomic E-state index is 0.0971. The van der Waals surface area contributed by atoms with Crippen LogP contribution in [0.3, 0.4) is 0 Å². The van der Waals surface area contributed by atoms with Crippen molar-refractivity contribution in [2.24, 2.45) is 34.5 Å². The van der Waals surface area contributed by atoms with Gasteiger partial charge in [-0.1, -0.05) is 32.4 Å². The number of Topliss-reactive ketones (excluding diaryl/α,β-unsaturated/α-hetero) is 1. The molecule has 0 aromatic heterocycles. The third kappa shape index (κ3) is 3.49. The van der Waals surface area contributed by atoms with Gasteiger partial charge in [0.2, 0.25) is 5.78 Å². The number of aliphatic carboxylic acids is 1. The lowest BCUT2D eigenvalue weighted by Gasteiger charge is -2.61. The first-order valence-corrected chi connectivity index (χ1v) is 11.6. The quantitative estimate of drug-likeness (QED) is 0.494. The molecule has 4 aliphatic carbocycles. The SMILES string of the molecule is [2H]C1([2H])[C@]([2H])(O)[C@@]2([2H])[C@@H](C[C@H](C)C3=CC(=O)C=C[C@@]32C)[C@@H]2CC[C@](OC(=O)CCC(=O)O)(C(=O)CO)[C@]21C. The molecule has 34 heavy (non-hydrogen) atoms. The van der Waals surface area contributed by atoms with Crippen molar-refractivity contribution in [1.82, 2.24) is 0 Å². The molecule has 4 aliphatic rings. The topological polar surface area (TPSA) is 138 Å². The van der Waals surface area contributed by atoms with Crippen LogP contribution in [0.25, 0.3) is 0 Å². The monoisotopic (exact) mass is 478 g/mol. The Hall–Kier alpha value is -2.32. The highest BCUT2D eigenvalue weighted by Crippen LogP contribution is 2.68. The number of esters is 1. The lowest BCUT2D eigenvalue weighted by Crippen LogP contribution is -2.63. The van der Waals surface area contributed by atoms with Gasteiger partial charge in [0.15, 0.2) is 11.4 Å². The minimum Gasteiger partial charge on any atom is -0.481 e. The molecule has 3 saturated carbocycles. The third-order valence-corrected chi connectivity index (χ3v) is 8.48. The van der Waals surface area contributed by atoms with Gasteiger partial charge < -0.3 is 20.1 Å². The maximum absolute atomic E-state index is 13.3. The molecule has 0 bridgehead atoms. The van der Waals surface area contributed by atoms with Gasteiger partial charge in [-0.3, -0.25) is 19.2 Å². The molecular formula is C26H34O8. The van der Waals surface area contributed by atoms with Gasteiger partial charge in [0.25, 0.3) is 0 Å². The van der Waals surface area contributed by atoms with Crippen LogP contribution in [-0.4, -0.2) is 57.1 Å². The average molecular weight is 479 g/mol. The molecule has 8 atom stereocenters. The largest absolute Gasteiger partial charge is 0.481 e. The van der Waals surface area contributed by atoms with E-state index >= 15 is 0 Å². The summed E-state index contributed by atoms with van der Waals surface area (Å²) in [7, 11) is 0. The van der Waals surface area contributed by atoms with E-state index in [2.05, 4.69) is 0 Å². The normalized spacial score (nSPS) is 50.3. The van der Waals surface area contributed by atoms with Gasteiger partial charge in [-0.25, -0.2) is 0 Å². The summed E-state index contributed by atoms with van der Waals surface area (Å²) in [5.74, 6) is -7.84. The molecule has 0 unspecified atom stereocenters. The summed E-state index contributed by atoms with van der Waals surface area (Å²) in [4.78, 5) is 49.3. The molecule has 4 rings (SSSR count). The van der Waals surface area contributed by atoms with E-state index in [1.165, 1.54) is 25.2 Å². The first-order valence-electron chi connectivity index (χ1n) is 13.6. The number of fused-ring (bicyclic) bond motifs is 5. The fraction of sp³-hybridized carbons (Fsp3) is 0.692. The van der Waals surface area contributed by atoms with Crippen molar-refractivity contribution in [1.29, 1.82) is 0 Å². The first kappa shape index (κ1) is 19.9. The molecule has 8 nitrogen and oxygen atoms in total. The van der Waals surface area contributed by atoms with Gasteiger partial charge in [-0.05, 0) is 55.5 Å². The zero-order valence-corrected chi connectivity index (χ0v) is 19.6. The smallest absolute Gasteiger partial charge is 0.307 e. The Balaban J connectivity index is 1.93. The average Bonchev–Trinajstić information content (AvgIpc) is 3.14. The first-order chi connectivity index (χ1) is 17.4. The molecular weight excluding hydrogens is 440 g/mol. The molecule has 0 aromatic rings. The van der Waals surface area contributed by atoms with Crippen molar-refractivity contribution >= 4 is 23.5 Å². The predicted octanol–water partition coefficient (Wildman–Crippen LogP) is 2.22. The molecule has 0 heterocycles. The van der Waals surface area contributed by atoms with E-state index in [1.54, 1.807) is 6.92 Å². The number of ketones is 2. The maximum Gasteiger partial charge on any atom is 0.307 e. The molecule has 3 N–H and O–H groups in total. The summed E-state index contributed by atoms with van der Waals surface area (Å²) in [6, 6.07) is 0. The standard InChI is InChI=1S/C26H34O8/c1-14-10-16-17-7-9-26(20(30)13-27,34-22(33)5-4-21(31)32)25(17,3)12-19(29)23(16)24(2)8-6-15(28)11-18(14)24/h6,8,11,14,16-17,19,23,27,29H,4-5,7,9-10,12-13H2,1-3H3,(H,31,32)/t14-,16-,17-,19-,23+,24-,25-,26-/m0/s1/i12D2,19D,23D. The molecule has 0 saturated heterocycles. The van der Waals surface area contributed by atoms with E-state index in [0.29, 0.717) is 5.57 Å². The number of carboxylic acid groups (broad SMARTS) is 1. The Kier molecular flexibility index (Phi) is 4.93. The van der Waals surface area contributed by atoms with Crippen LogP contribution < -0.4 is 0 Å². The Bertz CT molecular complexity index is 1160. The van der Waals surface area contributed by atoms with E-state index in [0.717, 1.165) is 0 Å². The second-order valence-corrected chi connectivity index (χ2v) is 10.3. The fourth-order valence-corrected chi connectivity index (χ4v) is 6.94. The Morgan fingerprint density at radius 2 is 2.00 bits per heavy atom. The van der Waals surface area contributed by atoms with Crippen LogP contribution in [0, 0.1) is 34.5 Å². The molecule has 186 valence electrons. The van der Waals surface area contributed by atoms with Crippen molar-refractivity contribution in [3.63, 3.8) is 0 Å². The van der Waals surface area contributed by atoms with Gasteiger partial charge in [-0.2, -0.15) is 0 Å². The number of carbonyl (C=O) groups is 4. The summed E-state index contributed by atoms with van der Waals surface area (Å²) in [5, 5.41) is 30.7. The highest BCUT2D eigenvalue weighted by Gasteiger charge is 2.70. The van der Waals surface area contributed by atoms with E-state index < -0.39 is 83.8 Å². The van der Waals surface area contributed by atoms with Crippen LogP contribution in [0.1, 0.15) is 64.7 Å². The predicted molar refractivity (Wildman–Crippen MR) is 120 cm³/mol. The molecule has 3 fully saturated rings. The lowest BCUT2D eigenvalue weighted by atomic mass is 9.44. The number of ether oxygens (including phenoxy) is 1. The van der Waals surface area contributed by atoms with Crippen LogP contribution in [0.4, 0.5) is 0 Å². The zero-order valence-electron chi connectivity index (χ0n) is 23.6. The summed E-state index contributed by atoms with van der Waals surface area (Å²) in [5.41, 5.74) is -5.20. The fourth-order valence-electron chi connectivity index (χ4n) is 6.94. The van der Waals surface area contributed by atoms with Crippen molar-refractivity contribution in [3.05, 3.63) is 23.8 Å². The number of allylic oxidation sites excluding steroid dienone is 4. The Morgan fingerprint density at radius 3 is 2.65 bits per heavy atom. The van der Waals surface area contributed by atoms with Crippen molar-refractivity contribution in [2.75, 3.05) is 6.61 Å². The van der Waals surface area contributed by atoms with E-state index in [9.17, 15) is 33.5 Å². The van der Waals surface area contributed by atoms with Crippen molar-refractivity contribution in [2.45, 2.75) is 70.9 Å². The number of carbonyl (C=O) groups excluding carboxylic acids is 3. The van der Waals surface area contributed by atoms with Crippen LogP contribution in [0.5, 0.6) is 0 Å².